The lowest BCUT2D eigenvalue weighted by Crippen LogP contribution is -2.36. The molecule has 0 aliphatic heterocycles. The largest absolute Gasteiger partial charge is 0.293 e. The van der Waals surface area contributed by atoms with Crippen LogP contribution in [0.5, 0.6) is 0 Å². The van der Waals surface area contributed by atoms with Crippen molar-refractivity contribution in [3.63, 3.8) is 0 Å². The van der Waals surface area contributed by atoms with Crippen LogP contribution in [0.1, 0.15) is 31.1 Å². The highest BCUT2D eigenvalue weighted by molar-refractivity contribution is 7.84. The summed E-state index contributed by atoms with van der Waals surface area (Å²) < 4.78 is 14.0. The molecule has 0 radical (unpaired) electrons. The number of hydrogen-bond acceptors (Lipinski definition) is 2. The third-order valence-electron chi connectivity index (χ3n) is 2.15. The molecule has 0 unspecified atom stereocenters. The lowest BCUT2D eigenvalue weighted by Gasteiger charge is -2.17. The van der Waals surface area contributed by atoms with Crippen molar-refractivity contribution in [1.29, 1.82) is 0 Å². The Morgan fingerprint density at radius 2 is 1.94 bits per heavy atom. The van der Waals surface area contributed by atoms with Crippen LogP contribution in [0.15, 0.2) is 18.2 Å². The smallest absolute Gasteiger partial charge is 0.179 e. The molecule has 0 aromatic heterocycles. The molecule has 1 aromatic carbocycles. The molecule has 1 aromatic rings. The first-order chi connectivity index (χ1) is 8.21. The van der Waals surface area contributed by atoms with Gasteiger partial charge in [-0.1, -0.05) is 23.2 Å². The average Bonchev–Trinajstić information content (AvgIpc) is 2.24. The molecule has 1 atom stereocenters. The highest BCUT2D eigenvalue weighted by Gasteiger charge is 2.20. The average molecular weight is 308 g/mol. The lowest BCUT2D eigenvalue weighted by atomic mass is 10.1. The number of nitrogens with one attached hydrogen (secondary N) is 1. The van der Waals surface area contributed by atoms with Gasteiger partial charge in [-0.05, 0) is 39.0 Å². The van der Waals surface area contributed by atoms with E-state index in [4.69, 9.17) is 23.2 Å². The Kier molecular flexibility index (Phi) is 5.34. The van der Waals surface area contributed by atoms with E-state index in [1.807, 2.05) is 20.8 Å². The third kappa shape index (κ3) is 4.35. The fourth-order valence-electron chi connectivity index (χ4n) is 1.16. The first-order valence-electron chi connectivity index (χ1n) is 5.35. The summed E-state index contributed by atoms with van der Waals surface area (Å²) in [4.78, 5) is 11.9. The molecule has 0 bridgehead atoms. The monoisotopic (exact) mass is 307 g/mol. The predicted molar refractivity (Wildman–Crippen MR) is 76.7 cm³/mol. The minimum Gasteiger partial charge on any atom is -0.293 e. The maximum atomic E-state index is 11.9. The fourth-order valence-corrected chi connectivity index (χ4v) is 2.37. The van der Waals surface area contributed by atoms with Crippen molar-refractivity contribution >= 4 is 40.0 Å². The van der Waals surface area contributed by atoms with Crippen LogP contribution in [0.4, 0.5) is 0 Å². The van der Waals surface area contributed by atoms with E-state index in [0.717, 1.165) is 0 Å². The fraction of sp³-hybridized carbons (Fsp3) is 0.417. The van der Waals surface area contributed by atoms with Crippen molar-refractivity contribution in [1.82, 2.24) is 4.72 Å². The molecule has 0 fully saturated rings. The maximum Gasteiger partial charge on any atom is 0.179 e. The summed E-state index contributed by atoms with van der Waals surface area (Å²) in [6.45, 7) is 5.47. The molecule has 0 saturated carbocycles. The van der Waals surface area contributed by atoms with Crippen LogP contribution in [0.25, 0.3) is 0 Å². The quantitative estimate of drug-likeness (QED) is 0.868. The van der Waals surface area contributed by atoms with E-state index in [1.54, 1.807) is 12.1 Å². The Labute approximate surface area is 119 Å². The normalized spacial score (nSPS) is 13.4. The van der Waals surface area contributed by atoms with Crippen LogP contribution in [-0.4, -0.2) is 21.3 Å². The Bertz CT molecular complexity index is 483. The summed E-state index contributed by atoms with van der Waals surface area (Å²) in [5.41, 5.74) is 0.375. The number of Topliss-reactive ketones (excluding diaryl/α,β-unsaturated/α-hetero) is 1. The van der Waals surface area contributed by atoms with Gasteiger partial charge in [-0.3, -0.25) is 4.79 Å². The number of benzene rings is 1. The number of carbonyl (C=O) groups is 1. The van der Waals surface area contributed by atoms with Crippen molar-refractivity contribution in [2.75, 3.05) is 6.54 Å². The van der Waals surface area contributed by atoms with Gasteiger partial charge in [-0.25, -0.2) is 8.93 Å². The third-order valence-corrected chi connectivity index (χ3v) is 4.22. The highest BCUT2D eigenvalue weighted by atomic mass is 35.5. The van der Waals surface area contributed by atoms with Crippen LogP contribution >= 0.6 is 23.2 Å². The SMILES string of the molecule is CC(C)(C)[S@@](=O)NCC(=O)c1ccc(Cl)cc1Cl. The van der Waals surface area contributed by atoms with Gasteiger partial charge in [0.1, 0.15) is 0 Å². The molecule has 0 saturated heterocycles. The van der Waals surface area contributed by atoms with Gasteiger partial charge in [0.05, 0.1) is 27.3 Å². The van der Waals surface area contributed by atoms with Crippen LogP contribution in [-0.2, 0) is 11.0 Å². The molecule has 3 nitrogen and oxygen atoms in total. The summed E-state index contributed by atoms with van der Waals surface area (Å²) in [6.07, 6.45) is 0. The zero-order chi connectivity index (χ0) is 13.9. The number of ketones is 1. The minimum absolute atomic E-state index is 0.0226. The Morgan fingerprint density at radius 1 is 1.33 bits per heavy atom. The summed E-state index contributed by atoms with van der Waals surface area (Å²) in [5.74, 6) is -0.214. The van der Waals surface area contributed by atoms with Crippen molar-refractivity contribution in [2.24, 2.45) is 0 Å². The summed E-state index contributed by atoms with van der Waals surface area (Å²) >= 11 is 11.7. The van der Waals surface area contributed by atoms with Gasteiger partial charge in [0, 0.05) is 10.6 Å². The first kappa shape index (κ1) is 15.6. The van der Waals surface area contributed by atoms with Crippen molar-refractivity contribution in [3.8, 4) is 0 Å². The molecule has 1 N–H and O–H groups in total. The first-order valence-corrected chi connectivity index (χ1v) is 7.26. The topological polar surface area (TPSA) is 46.2 Å². The molecule has 0 amide bonds. The summed E-state index contributed by atoms with van der Waals surface area (Å²) in [7, 11) is -1.28. The number of rotatable bonds is 4. The minimum atomic E-state index is -1.28. The van der Waals surface area contributed by atoms with E-state index in [9.17, 15) is 9.00 Å². The maximum absolute atomic E-state index is 11.9. The Hall–Kier alpha value is -0.420. The summed E-state index contributed by atoms with van der Waals surface area (Å²) in [6, 6.07) is 4.67. The van der Waals surface area contributed by atoms with E-state index < -0.39 is 15.7 Å². The molecule has 100 valence electrons. The van der Waals surface area contributed by atoms with Crippen LogP contribution in [0, 0.1) is 0 Å². The van der Waals surface area contributed by atoms with Gasteiger partial charge in [0.15, 0.2) is 5.78 Å². The van der Waals surface area contributed by atoms with Gasteiger partial charge in [-0.2, -0.15) is 0 Å². The second kappa shape index (κ2) is 6.15. The van der Waals surface area contributed by atoms with Gasteiger partial charge >= 0.3 is 0 Å². The molecule has 0 spiro atoms. The van der Waals surface area contributed by atoms with Crippen molar-refractivity contribution < 1.29 is 9.00 Å². The van der Waals surface area contributed by atoms with E-state index >= 15 is 0 Å². The Morgan fingerprint density at radius 3 is 2.44 bits per heavy atom. The summed E-state index contributed by atoms with van der Waals surface area (Å²) in [5, 5.41) is 0.776. The number of carbonyl (C=O) groups excluding carboxylic acids is 1. The molecule has 1 rings (SSSR count). The van der Waals surface area contributed by atoms with Gasteiger partial charge in [-0.15, -0.1) is 0 Å². The molecule has 6 heteroatoms. The molecule has 0 aliphatic rings. The van der Waals surface area contributed by atoms with Gasteiger partial charge in [0.2, 0.25) is 0 Å². The van der Waals surface area contributed by atoms with E-state index in [0.29, 0.717) is 15.6 Å². The van der Waals surface area contributed by atoms with E-state index in [-0.39, 0.29) is 12.3 Å². The molecular formula is C12H15Cl2NO2S. The second-order valence-electron chi connectivity index (χ2n) is 4.75. The standard InChI is InChI=1S/C12H15Cl2NO2S/c1-12(2,3)18(17)15-7-11(16)9-5-4-8(13)6-10(9)14/h4-6,15H,7H2,1-3H3/t18-/m1/s1. The van der Waals surface area contributed by atoms with E-state index in [1.165, 1.54) is 6.07 Å². The van der Waals surface area contributed by atoms with Crippen LogP contribution in [0.2, 0.25) is 10.0 Å². The van der Waals surface area contributed by atoms with Gasteiger partial charge < -0.3 is 0 Å². The van der Waals surface area contributed by atoms with Crippen LogP contribution in [0.3, 0.4) is 0 Å². The molecule has 18 heavy (non-hydrogen) atoms. The van der Waals surface area contributed by atoms with Crippen LogP contribution < -0.4 is 4.72 Å². The zero-order valence-electron chi connectivity index (χ0n) is 10.4. The highest BCUT2D eigenvalue weighted by Crippen LogP contribution is 2.21. The molecule has 0 heterocycles. The molecule has 0 aliphatic carbocycles. The number of hydrogen-bond donors (Lipinski definition) is 1. The number of halogens is 2. The van der Waals surface area contributed by atoms with E-state index in [2.05, 4.69) is 4.72 Å². The van der Waals surface area contributed by atoms with Crippen molar-refractivity contribution in [3.05, 3.63) is 33.8 Å². The van der Waals surface area contributed by atoms with Crippen molar-refractivity contribution in [2.45, 2.75) is 25.5 Å². The van der Waals surface area contributed by atoms with Gasteiger partial charge in [0.25, 0.3) is 0 Å². The predicted octanol–water partition coefficient (Wildman–Crippen LogP) is 3.23. The Balaban J connectivity index is 2.70. The second-order valence-corrected chi connectivity index (χ2v) is 7.64. The zero-order valence-corrected chi connectivity index (χ0v) is 12.7. The lowest BCUT2D eigenvalue weighted by molar-refractivity contribution is 0.0997. The molecular weight excluding hydrogens is 293 g/mol.